The highest BCUT2D eigenvalue weighted by molar-refractivity contribution is 4.99. The molecule has 0 saturated heterocycles. The van der Waals surface area contributed by atoms with Gasteiger partial charge in [-0.3, -0.25) is 0 Å². The first kappa shape index (κ1) is 20.0. The Labute approximate surface area is 129 Å². The van der Waals surface area contributed by atoms with Gasteiger partial charge < -0.3 is 18.9 Å². The molecule has 4 heteroatoms. The van der Waals surface area contributed by atoms with E-state index < -0.39 is 0 Å². The Morgan fingerprint density at radius 3 is 1.33 bits per heavy atom. The van der Waals surface area contributed by atoms with Crippen molar-refractivity contribution in [1.29, 1.82) is 0 Å². The Hall–Kier alpha value is -1.04. The van der Waals surface area contributed by atoms with Crippen molar-refractivity contribution in [3.8, 4) is 23.7 Å². The Kier molecular flexibility index (Phi) is 18.0. The molecule has 0 rings (SSSR count). The van der Waals surface area contributed by atoms with Gasteiger partial charge in [0.15, 0.2) is 0 Å². The molecule has 4 nitrogen and oxygen atoms in total. The molecule has 0 aromatic heterocycles. The molecule has 0 aliphatic carbocycles. The van der Waals surface area contributed by atoms with E-state index in [9.17, 15) is 0 Å². The van der Waals surface area contributed by atoms with E-state index in [-0.39, 0.29) is 0 Å². The lowest BCUT2D eigenvalue weighted by atomic mass is 10.1. The molecular weight excluding hydrogens is 268 g/mol. The van der Waals surface area contributed by atoms with Crippen LogP contribution in [-0.2, 0) is 18.9 Å². The van der Waals surface area contributed by atoms with Gasteiger partial charge in [-0.25, -0.2) is 0 Å². The minimum absolute atomic E-state index is 0.476. The molecule has 0 aromatic rings. The van der Waals surface area contributed by atoms with Crippen molar-refractivity contribution >= 4 is 0 Å². The number of hydrogen-bond donors (Lipinski definition) is 0. The Bertz CT molecular complexity index is 287. The number of rotatable bonds is 12. The molecule has 0 saturated carbocycles. The van der Waals surface area contributed by atoms with Crippen LogP contribution in [0.3, 0.4) is 0 Å². The fraction of sp³-hybridized carbons (Fsp3) is 0.765. The molecule has 0 radical (unpaired) electrons. The van der Waals surface area contributed by atoms with Crippen molar-refractivity contribution in [2.24, 2.45) is 0 Å². The van der Waals surface area contributed by atoms with Crippen LogP contribution in [0.2, 0.25) is 0 Å². The molecule has 0 spiro atoms. The number of ether oxygens (including phenoxy) is 4. The molecule has 21 heavy (non-hydrogen) atoms. The quantitative estimate of drug-likeness (QED) is 0.409. The van der Waals surface area contributed by atoms with E-state index in [2.05, 4.69) is 23.7 Å². The summed E-state index contributed by atoms with van der Waals surface area (Å²) in [5.41, 5.74) is 0. The minimum Gasteiger partial charge on any atom is -0.372 e. The average Bonchev–Trinajstić information content (AvgIpc) is 2.50. The minimum atomic E-state index is 0.476. The zero-order valence-corrected chi connectivity index (χ0v) is 13.4. The van der Waals surface area contributed by atoms with Gasteiger partial charge in [0.1, 0.15) is 26.4 Å². The van der Waals surface area contributed by atoms with Gasteiger partial charge >= 0.3 is 0 Å². The van der Waals surface area contributed by atoms with Crippen LogP contribution in [0.25, 0.3) is 0 Å². The van der Waals surface area contributed by atoms with E-state index in [1.165, 1.54) is 19.3 Å². The smallest absolute Gasteiger partial charge is 0.107 e. The third kappa shape index (κ3) is 19.0. The first-order valence-electron chi connectivity index (χ1n) is 7.46. The maximum absolute atomic E-state index is 5.39. The van der Waals surface area contributed by atoms with Crippen LogP contribution in [0.1, 0.15) is 32.1 Å². The summed E-state index contributed by atoms with van der Waals surface area (Å²) in [4.78, 5) is 0. The summed E-state index contributed by atoms with van der Waals surface area (Å²) in [5.74, 6) is 11.5. The highest BCUT2D eigenvalue weighted by atomic mass is 16.5. The van der Waals surface area contributed by atoms with Crippen LogP contribution in [-0.4, -0.2) is 53.9 Å². The third-order valence-electron chi connectivity index (χ3n) is 2.61. The van der Waals surface area contributed by atoms with E-state index in [0.717, 1.165) is 26.1 Å². The van der Waals surface area contributed by atoms with Crippen molar-refractivity contribution in [2.75, 3.05) is 53.9 Å². The summed E-state index contributed by atoms with van der Waals surface area (Å²) >= 11 is 0. The average molecular weight is 296 g/mol. The summed E-state index contributed by atoms with van der Waals surface area (Å²) in [6, 6.07) is 0. The zero-order chi connectivity index (χ0) is 15.4. The summed E-state index contributed by atoms with van der Waals surface area (Å²) in [7, 11) is 3.27. The fourth-order valence-electron chi connectivity index (χ4n) is 1.53. The van der Waals surface area contributed by atoms with Crippen LogP contribution >= 0.6 is 0 Å². The molecule has 0 atom stereocenters. The Balaban J connectivity index is 3.07. The van der Waals surface area contributed by atoms with Crippen molar-refractivity contribution < 1.29 is 18.9 Å². The maximum atomic E-state index is 5.39. The monoisotopic (exact) mass is 296 g/mol. The van der Waals surface area contributed by atoms with Gasteiger partial charge in [0.25, 0.3) is 0 Å². The molecule has 0 fully saturated rings. The lowest BCUT2D eigenvalue weighted by Crippen LogP contribution is -1.97. The topological polar surface area (TPSA) is 36.9 Å². The van der Waals surface area contributed by atoms with E-state index in [4.69, 9.17) is 18.9 Å². The van der Waals surface area contributed by atoms with Gasteiger partial charge in [0.2, 0.25) is 0 Å². The lowest BCUT2D eigenvalue weighted by molar-refractivity contribution is 0.155. The van der Waals surface area contributed by atoms with E-state index in [1.54, 1.807) is 14.2 Å². The van der Waals surface area contributed by atoms with E-state index in [0.29, 0.717) is 26.4 Å². The summed E-state index contributed by atoms with van der Waals surface area (Å²) in [6.07, 6.45) is 5.79. The van der Waals surface area contributed by atoms with Gasteiger partial charge in [0.05, 0.1) is 0 Å². The van der Waals surface area contributed by atoms with E-state index in [1.807, 2.05) is 0 Å². The highest BCUT2D eigenvalue weighted by Crippen LogP contribution is 2.03. The van der Waals surface area contributed by atoms with Gasteiger partial charge in [-0.05, 0) is 12.8 Å². The number of unbranched alkanes of at least 4 members (excludes halogenated alkanes) is 4. The molecule has 0 aromatic carbocycles. The van der Waals surface area contributed by atoms with Crippen LogP contribution in [0.5, 0.6) is 0 Å². The van der Waals surface area contributed by atoms with Gasteiger partial charge in [-0.1, -0.05) is 42.9 Å². The van der Waals surface area contributed by atoms with Gasteiger partial charge in [0, 0.05) is 27.4 Å². The van der Waals surface area contributed by atoms with E-state index >= 15 is 0 Å². The lowest BCUT2D eigenvalue weighted by Gasteiger charge is -2.02. The first-order valence-corrected chi connectivity index (χ1v) is 7.46. The maximum Gasteiger partial charge on any atom is 0.107 e. The molecule has 0 amide bonds. The molecule has 0 N–H and O–H groups in total. The highest BCUT2D eigenvalue weighted by Gasteiger charge is 1.91. The molecular formula is C17H28O4. The summed E-state index contributed by atoms with van der Waals surface area (Å²) in [5, 5.41) is 0. The van der Waals surface area contributed by atoms with Crippen molar-refractivity contribution in [1.82, 2.24) is 0 Å². The molecule has 0 aliphatic heterocycles. The van der Waals surface area contributed by atoms with Crippen LogP contribution in [0, 0.1) is 23.7 Å². The molecule has 0 bridgehead atoms. The van der Waals surface area contributed by atoms with Crippen molar-refractivity contribution in [3.63, 3.8) is 0 Å². The summed E-state index contributed by atoms with van der Waals surface area (Å²) < 4.78 is 20.4. The van der Waals surface area contributed by atoms with Crippen LogP contribution < -0.4 is 0 Å². The first-order chi connectivity index (χ1) is 10.4. The van der Waals surface area contributed by atoms with Crippen molar-refractivity contribution in [3.05, 3.63) is 0 Å². The normalized spacial score (nSPS) is 9.62. The predicted octanol–water partition coefficient (Wildman–Crippen LogP) is 2.27. The third-order valence-corrected chi connectivity index (χ3v) is 2.61. The zero-order valence-electron chi connectivity index (χ0n) is 13.4. The van der Waals surface area contributed by atoms with Crippen LogP contribution in [0.15, 0.2) is 0 Å². The van der Waals surface area contributed by atoms with Crippen LogP contribution in [0.4, 0.5) is 0 Å². The summed E-state index contributed by atoms with van der Waals surface area (Å²) in [6.45, 7) is 3.52. The second-order valence-electron chi connectivity index (χ2n) is 4.45. The van der Waals surface area contributed by atoms with Gasteiger partial charge in [-0.15, -0.1) is 0 Å². The Morgan fingerprint density at radius 1 is 0.524 bits per heavy atom. The molecule has 0 aliphatic rings. The second-order valence-corrected chi connectivity index (χ2v) is 4.45. The van der Waals surface area contributed by atoms with Crippen molar-refractivity contribution in [2.45, 2.75) is 32.1 Å². The SMILES string of the molecule is COCC#CCOCCCCCCCOCC#CCOC. The fourth-order valence-corrected chi connectivity index (χ4v) is 1.53. The standard InChI is InChI=1S/C17H28O4/c1-18-12-8-10-16-20-14-6-4-3-5-7-15-21-17-11-9-13-19-2/h3-7,12-17H2,1-2H3. The molecule has 0 heterocycles. The van der Waals surface area contributed by atoms with Gasteiger partial charge in [-0.2, -0.15) is 0 Å². The molecule has 120 valence electrons. The Morgan fingerprint density at radius 2 is 0.905 bits per heavy atom. The number of hydrogen-bond acceptors (Lipinski definition) is 4. The second kappa shape index (κ2) is 19.0. The number of methoxy groups -OCH3 is 2. The largest absolute Gasteiger partial charge is 0.372 e. The predicted molar refractivity (Wildman–Crippen MR) is 84.0 cm³/mol. The molecule has 0 unspecified atom stereocenters.